The van der Waals surface area contributed by atoms with Crippen LogP contribution in [-0.4, -0.2) is 59.2 Å². The summed E-state index contributed by atoms with van der Waals surface area (Å²) in [6, 6.07) is 9.70. The molecule has 3 heterocycles. The van der Waals surface area contributed by atoms with Crippen molar-refractivity contribution in [3.8, 4) is 5.88 Å². The summed E-state index contributed by atoms with van der Waals surface area (Å²) in [6.07, 6.45) is 1.52. The molecule has 8 nitrogen and oxygen atoms in total. The molecule has 0 aliphatic carbocycles. The Hall–Kier alpha value is -2.91. The first kappa shape index (κ1) is 26.2. The molecule has 2 amide bonds. The zero-order valence-corrected chi connectivity index (χ0v) is 22.1. The number of benzene rings is 1. The standard InChI is InChI=1S/C27H36BN3O5/c1-17-7-9-19(10-8-17)15-23(32)31-13-11-20(12-14-31)34-25-21(24(29)33)16-22(18(2)30-25)28-35-26(3,4)27(5,6)36-28/h7-10,16,20H,11-15H2,1-6H3,(H2,29,33). The van der Waals surface area contributed by atoms with E-state index in [1.807, 2.05) is 70.7 Å². The number of piperidine rings is 1. The average molecular weight is 493 g/mol. The summed E-state index contributed by atoms with van der Waals surface area (Å²) in [4.78, 5) is 31.5. The number of carbonyl (C=O) groups excluding carboxylic acids is 2. The Morgan fingerprint density at radius 3 is 2.22 bits per heavy atom. The normalized spacial score (nSPS) is 19.4. The van der Waals surface area contributed by atoms with Gasteiger partial charge >= 0.3 is 7.12 Å². The van der Waals surface area contributed by atoms with Crippen molar-refractivity contribution in [1.82, 2.24) is 9.88 Å². The Bertz CT molecular complexity index is 1120. The highest BCUT2D eigenvalue weighted by Gasteiger charge is 2.52. The number of hydrogen-bond donors (Lipinski definition) is 1. The summed E-state index contributed by atoms with van der Waals surface area (Å²) in [5, 5.41) is 0. The van der Waals surface area contributed by atoms with E-state index in [2.05, 4.69) is 4.98 Å². The van der Waals surface area contributed by atoms with E-state index in [4.69, 9.17) is 19.8 Å². The van der Waals surface area contributed by atoms with Crippen LogP contribution in [0, 0.1) is 13.8 Å². The molecule has 2 aliphatic rings. The average Bonchev–Trinajstić information content (AvgIpc) is 3.02. The van der Waals surface area contributed by atoms with Gasteiger partial charge in [0.2, 0.25) is 11.8 Å². The fourth-order valence-corrected chi connectivity index (χ4v) is 4.45. The molecule has 0 unspecified atom stereocenters. The lowest BCUT2D eigenvalue weighted by Crippen LogP contribution is -2.43. The van der Waals surface area contributed by atoms with Gasteiger partial charge in [0.1, 0.15) is 11.7 Å². The van der Waals surface area contributed by atoms with Crippen molar-refractivity contribution >= 4 is 24.4 Å². The van der Waals surface area contributed by atoms with Crippen molar-refractivity contribution < 1.29 is 23.6 Å². The van der Waals surface area contributed by atoms with E-state index in [9.17, 15) is 9.59 Å². The van der Waals surface area contributed by atoms with E-state index in [0.29, 0.717) is 43.5 Å². The molecule has 1 aromatic carbocycles. The van der Waals surface area contributed by atoms with Crippen LogP contribution < -0.4 is 15.9 Å². The van der Waals surface area contributed by atoms with Gasteiger partial charge in [0, 0.05) is 37.1 Å². The number of likely N-dealkylation sites (tertiary alicyclic amines) is 1. The number of hydrogen-bond acceptors (Lipinski definition) is 6. The Kier molecular flexibility index (Phi) is 7.17. The molecular weight excluding hydrogens is 457 g/mol. The minimum absolute atomic E-state index is 0.107. The van der Waals surface area contributed by atoms with Crippen LogP contribution in [-0.2, 0) is 20.5 Å². The fraction of sp³-hybridized carbons (Fsp3) is 0.519. The van der Waals surface area contributed by atoms with Crippen LogP contribution in [0.4, 0.5) is 0 Å². The maximum atomic E-state index is 12.7. The number of nitrogens with two attached hydrogens (primary N) is 1. The van der Waals surface area contributed by atoms with Gasteiger partial charge in [0.15, 0.2) is 0 Å². The monoisotopic (exact) mass is 493 g/mol. The van der Waals surface area contributed by atoms with Gasteiger partial charge in [-0.15, -0.1) is 0 Å². The highest BCUT2D eigenvalue weighted by molar-refractivity contribution is 6.62. The van der Waals surface area contributed by atoms with Crippen LogP contribution >= 0.6 is 0 Å². The molecule has 192 valence electrons. The second kappa shape index (κ2) is 9.86. The molecule has 2 saturated heterocycles. The summed E-state index contributed by atoms with van der Waals surface area (Å²) >= 11 is 0. The first-order valence-corrected chi connectivity index (χ1v) is 12.5. The maximum absolute atomic E-state index is 12.7. The second-order valence-electron chi connectivity index (χ2n) is 10.8. The topological polar surface area (TPSA) is 104 Å². The van der Waals surface area contributed by atoms with Gasteiger partial charge in [-0.3, -0.25) is 9.59 Å². The lowest BCUT2D eigenvalue weighted by molar-refractivity contribution is -0.132. The van der Waals surface area contributed by atoms with Gasteiger partial charge in [-0.2, -0.15) is 0 Å². The zero-order valence-electron chi connectivity index (χ0n) is 22.1. The van der Waals surface area contributed by atoms with E-state index >= 15 is 0 Å². The molecule has 2 N–H and O–H groups in total. The SMILES string of the molecule is Cc1ccc(CC(=O)N2CCC(Oc3nc(C)c(B4OC(C)(C)C(C)(C)O4)cc3C(N)=O)CC2)cc1. The number of nitrogens with zero attached hydrogens (tertiary/aromatic N) is 2. The number of amides is 2. The largest absolute Gasteiger partial charge is 0.496 e. The van der Waals surface area contributed by atoms with Crippen molar-refractivity contribution in [2.75, 3.05) is 13.1 Å². The summed E-state index contributed by atoms with van der Waals surface area (Å²) in [5.41, 5.74) is 8.35. The molecule has 2 aromatic rings. The molecular formula is C27H36BN3O5. The maximum Gasteiger partial charge on any atom is 0.496 e. The summed E-state index contributed by atoms with van der Waals surface area (Å²) < 4.78 is 18.4. The lowest BCUT2D eigenvalue weighted by Gasteiger charge is -2.32. The van der Waals surface area contributed by atoms with E-state index in [1.165, 1.54) is 5.56 Å². The minimum Gasteiger partial charge on any atom is -0.474 e. The molecule has 0 atom stereocenters. The van der Waals surface area contributed by atoms with Crippen molar-refractivity contribution in [1.29, 1.82) is 0 Å². The first-order chi connectivity index (χ1) is 16.9. The predicted molar refractivity (Wildman–Crippen MR) is 138 cm³/mol. The van der Waals surface area contributed by atoms with Crippen molar-refractivity contribution in [3.05, 3.63) is 52.7 Å². The van der Waals surface area contributed by atoms with Crippen LogP contribution in [0.25, 0.3) is 0 Å². The molecule has 36 heavy (non-hydrogen) atoms. The molecule has 0 bridgehead atoms. The highest BCUT2D eigenvalue weighted by atomic mass is 16.7. The zero-order chi connectivity index (χ0) is 26.3. The third kappa shape index (κ3) is 5.42. The van der Waals surface area contributed by atoms with E-state index in [0.717, 1.165) is 5.56 Å². The van der Waals surface area contributed by atoms with Gasteiger partial charge in [-0.1, -0.05) is 29.8 Å². The van der Waals surface area contributed by atoms with Crippen LogP contribution in [0.5, 0.6) is 5.88 Å². The number of rotatable bonds is 6. The third-order valence-corrected chi connectivity index (χ3v) is 7.54. The number of pyridine rings is 1. The van der Waals surface area contributed by atoms with Crippen molar-refractivity contribution in [2.45, 2.75) is 78.1 Å². The Balaban J connectivity index is 1.42. The van der Waals surface area contributed by atoms with Gasteiger partial charge in [-0.25, -0.2) is 4.98 Å². The van der Waals surface area contributed by atoms with Crippen molar-refractivity contribution in [2.24, 2.45) is 5.73 Å². The second-order valence-corrected chi connectivity index (χ2v) is 10.8. The van der Waals surface area contributed by atoms with Crippen LogP contribution in [0.15, 0.2) is 30.3 Å². The van der Waals surface area contributed by atoms with E-state index < -0.39 is 24.2 Å². The molecule has 0 radical (unpaired) electrons. The van der Waals surface area contributed by atoms with Crippen molar-refractivity contribution in [3.63, 3.8) is 0 Å². The Morgan fingerprint density at radius 2 is 1.67 bits per heavy atom. The van der Waals surface area contributed by atoms with E-state index in [1.54, 1.807) is 6.07 Å². The number of aromatic nitrogens is 1. The van der Waals surface area contributed by atoms with Gasteiger partial charge < -0.3 is 24.7 Å². The summed E-state index contributed by atoms with van der Waals surface area (Å²) in [5.74, 6) is -0.304. The molecule has 1 aromatic heterocycles. The fourth-order valence-electron chi connectivity index (χ4n) is 4.45. The van der Waals surface area contributed by atoms with Gasteiger partial charge in [-0.05, 0) is 53.2 Å². The number of aryl methyl sites for hydroxylation is 2. The number of ether oxygens (including phenoxy) is 1. The molecule has 0 saturated carbocycles. The quantitative estimate of drug-likeness (QED) is 0.621. The Labute approximate surface area is 213 Å². The highest BCUT2D eigenvalue weighted by Crippen LogP contribution is 2.37. The molecule has 2 fully saturated rings. The first-order valence-electron chi connectivity index (χ1n) is 12.5. The summed E-state index contributed by atoms with van der Waals surface area (Å²) in [6.45, 7) is 12.9. The minimum atomic E-state index is -0.655. The molecule has 2 aliphatic heterocycles. The number of primary amides is 1. The van der Waals surface area contributed by atoms with E-state index in [-0.39, 0.29) is 23.5 Å². The molecule has 9 heteroatoms. The molecule has 4 rings (SSSR count). The third-order valence-electron chi connectivity index (χ3n) is 7.54. The lowest BCUT2D eigenvalue weighted by atomic mass is 9.77. The van der Waals surface area contributed by atoms with Gasteiger partial charge in [0.05, 0.1) is 17.6 Å². The molecule has 0 spiro atoms. The Morgan fingerprint density at radius 1 is 1.08 bits per heavy atom. The number of carbonyl (C=O) groups is 2. The van der Waals surface area contributed by atoms with Crippen LogP contribution in [0.3, 0.4) is 0 Å². The van der Waals surface area contributed by atoms with Gasteiger partial charge in [0.25, 0.3) is 5.91 Å². The van der Waals surface area contributed by atoms with Crippen LogP contribution in [0.1, 0.15) is 67.7 Å². The predicted octanol–water partition coefficient (Wildman–Crippen LogP) is 2.71. The summed E-state index contributed by atoms with van der Waals surface area (Å²) in [7, 11) is -0.655. The smallest absolute Gasteiger partial charge is 0.474 e. The van der Waals surface area contributed by atoms with Crippen LogP contribution in [0.2, 0.25) is 0 Å².